The Morgan fingerprint density at radius 1 is 0.576 bits per heavy atom. The highest BCUT2D eigenvalue weighted by Crippen LogP contribution is 2.58. The highest BCUT2D eigenvalue weighted by Gasteiger charge is 2.56. The second-order valence-corrected chi connectivity index (χ2v) is 26.0. The molecule has 0 aromatic heterocycles. The SMILES string of the molecule is CC(C)C1=C(C(=O)N2CCC[C@H]2C(=O)N(CCO)CCO)SC2=N[C@@](C)(c3ccc(Cl)cc3)[C@@H](c3ccc(Cl)cc3)N21.CC(C)C1=C(C(=O)N2CCC[C@H]2C(=O)O)SC2=N[C@@](C)(c3ccc(Cl)cc3)[C@@H](c3ccc(Cl)cc3)N21.OCCNCCO. The summed E-state index contributed by atoms with van der Waals surface area (Å²) in [7, 11) is 0. The standard InChI is InChI=1S/C31H36Cl2N4O4S.C27H27Cl2N3O3S.C4H11NO2/c1-19(2)25-26(29(41)36-14-4-5-24(36)28(40)35(15-17-38)16-18-39)42-30-34-31(3,21-8-12-23(33)13-9-21)27(37(25)30)20-6-10-22(32)11-7-20;1-15(2)21-22(24(33)31-14-4-5-20(31)25(34)35)36-26-30-27(3,17-8-12-19(29)13-9-17)23(32(21)26)16-6-10-18(28)11-7-16;6-3-1-5-2-4-7/h6-13,19,24,27,38-39H,4-5,14-18H2,1-3H3;6-13,15,20,23H,4-5,14H2,1-3H3,(H,34,35);5-7H,1-4H2/t24-,27+,31-;20-,23+,27-;/m00./s1. The number of halogens is 4. The van der Waals surface area contributed by atoms with Gasteiger partial charge in [0.2, 0.25) is 5.91 Å². The molecule has 4 aromatic rings. The molecule has 3 amide bonds. The number of aliphatic hydroxyl groups is 4. The molecule has 6 aliphatic heterocycles. The Morgan fingerprint density at radius 2 is 0.929 bits per heavy atom. The van der Waals surface area contributed by atoms with E-state index in [1.54, 1.807) is 4.90 Å². The molecule has 0 aliphatic carbocycles. The number of nitrogens with one attached hydrogen (secondary N) is 1. The molecule has 0 radical (unpaired) electrons. The number of aliphatic carboxylic acids is 1. The van der Waals surface area contributed by atoms with Crippen LogP contribution >= 0.6 is 69.9 Å². The summed E-state index contributed by atoms with van der Waals surface area (Å²) in [4.78, 5) is 73.8. The lowest BCUT2D eigenvalue weighted by Gasteiger charge is -2.37. The van der Waals surface area contributed by atoms with E-state index in [1.807, 2.05) is 97.1 Å². The van der Waals surface area contributed by atoms with Crippen LogP contribution in [-0.4, -0.2) is 162 Å². The lowest BCUT2D eigenvalue weighted by Crippen LogP contribution is -2.49. The molecule has 0 saturated carbocycles. The first kappa shape index (κ1) is 65.8. The molecule has 2 fully saturated rings. The second kappa shape index (κ2) is 28.8. The topological polar surface area (TPSA) is 222 Å². The van der Waals surface area contributed by atoms with Crippen LogP contribution in [-0.2, 0) is 30.3 Å². The van der Waals surface area contributed by atoms with Crippen molar-refractivity contribution in [2.45, 2.75) is 102 Å². The molecule has 2 saturated heterocycles. The number of amidine groups is 2. The van der Waals surface area contributed by atoms with Crippen molar-refractivity contribution >= 4 is 104 Å². The average molecular weight is 1280 g/mol. The number of carbonyl (C=O) groups excluding carboxylic acids is 3. The van der Waals surface area contributed by atoms with Gasteiger partial charge < -0.3 is 55.3 Å². The van der Waals surface area contributed by atoms with E-state index in [0.29, 0.717) is 81.8 Å². The molecule has 0 bridgehead atoms. The lowest BCUT2D eigenvalue weighted by atomic mass is 9.81. The Hall–Kier alpha value is -5.16. The summed E-state index contributed by atoms with van der Waals surface area (Å²) in [6, 6.07) is 29.1. The fourth-order valence-electron chi connectivity index (χ4n) is 12.0. The zero-order valence-electron chi connectivity index (χ0n) is 48.4. The smallest absolute Gasteiger partial charge is 0.326 e. The summed E-state index contributed by atoms with van der Waals surface area (Å²) in [5, 5.41) is 51.7. The van der Waals surface area contributed by atoms with Crippen LogP contribution in [0.2, 0.25) is 20.1 Å². The van der Waals surface area contributed by atoms with Crippen LogP contribution in [0.25, 0.3) is 0 Å². The number of allylic oxidation sites excluding steroid dienone is 2. The number of fused-ring (bicyclic) bond motifs is 2. The van der Waals surface area contributed by atoms with Gasteiger partial charge in [0, 0.05) is 70.8 Å². The normalized spacial score (nSPS) is 23.2. The molecule has 4 aromatic carbocycles. The van der Waals surface area contributed by atoms with Gasteiger partial charge in [-0.2, -0.15) is 0 Å². The predicted molar refractivity (Wildman–Crippen MR) is 338 cm³/mol. The van der Waals surface area contributed by atoms with Crippen LogP contribution in [0, 0.1) is 11.8 Å². The average Bonchev–Trinajstić information content (AvgIpc) is 1.64. The predicted octanol–water partition coefficient (Wildman–Crippen LogP) is 9.91. The van der Waals surface area contributed by atoms with Crippen LogP contribution in [0.15, 0.2) is 128 Å². The third-order valence-electron chi connectivity index (χ3n) is 16.0. The Kier molecular flexibility index (Phi) is 22.3. The van der Waals surface area contributed by atoms with E-state index in [9.17, 15) is 34.5 Å². The minimum atomic E-state index is -0.956. The van der Waals surface area contributed by atoms with Crippen LogP contribution in [0.1, 0.15) is 102 Å². The van der Waals surface area contributed by atoms with Crippen LogP contribution in [0.5, 0.6) is 0 Å². The maximum Gasteiger partial charge on any atom is 0.326 e. The largest absolute Gasteiger partial charge is 0.480 e. The minimum absolute atomic E-state index is 0.0106. The number of aliphatic hydroxyl groups excluding tert-OH is 4. The maximum absolute atomic E-state index is 14.3. The van der Waals surface area contributed by atoms with E-state index in [-0.39, 0.29) is 81.2 Å². The van der Waals surface area contributed by atoms with Crippen molar-refractivity contribution in [1.29, 1.82) is 0 Å². The fourth-order valence-corrected chi connectivity index (χ4v) is 15.2. The van der Waals surface area contributed by atoms with Gasteiger partial charge in [0.05, 0.1) is 38.5 Å². The quantitative estimate of drug-likeness (QED) is 0.0511. The van der Waals surface area contributed by atoms with Crippen molar-refractivity contribution in [1.82, 2.24) is 29.8 Å². The monoisotopic (exact) mass is 1280 g/mol. The molecule has 0 unspecified atom stereocenters. The number of carboxylic acid groups (broad SMARTS) is 1. The molecule has 0 spiro atoms. The van der Waals surface area contributed by atoms with Gasteiger partial charge in [-0.3, -0.25) is 14.4 Å². The number of likely N-dealkylation sites (tertiary alicyclic amines) is 2. The molecule has 6 atom stereocenters. The first-order valence-electron chi connectivity index (χ1n) is 28.6. The number of hydrogen-bond donors (Lipinski definition) is 6. The summed E-state index contributed by atoms with van der Waals surface area (Å²) >= 11 is 27.6. The number of rotatable bonds is 18. The zero-order valence-corrected chi connectivity index (χ0v) is 53.1. The molecule has 10 rings (SSSR count). The first-order chi connectivity index (χ1) is 40.6. The second-order valence-electron chi connectivity index (χ2n) is 22.3. The number of amides is 3. The summed E-state index contributed by atoms with van der Waals surface area (Å²) in [5.74, 6) is -1.61. The lowest BCUT2D eigenvalue weighted by molar-refractivity contribution is -0.146. The van der Waals surface area contributed by atoms with Gasteiger partial charge in [-0.05, 0) is 146 Å². The van der Waals surface area contributed by atoms with E-state index in [2.05, 4.69) is 56.7 Å². The summed E-state index contributed by atoms with van der Waals surface area (Å²) in [6.45, 7) is 14.6. The van der Waals surface area contributed by atoms with Gasteiger partial charge in [-0.1, -0.05) is 123 Å². The summed E-state index contributed by atoms with van der Waals surface area (Å²) < 4.78 is 0. The number of carbonyl (C=O) groups is 4. The van der Waals surface area contributed by atoms with Gasteiger partial charge in [0.15, 0.2) is 10.3 Å². The molecule has 6 N–H and O–H groups in total. The Morgan fingerprint density at radius 3 is 1.27 bits per heavy atom. The molecule has 17 nitrogen and oxygen atoms in total. The van der Waals surface area contributed by atoms with Gasteiger partial charge >= 0.3 is 5.97 Å². The molecular weight excluding hydrogens is 1210 g/mol. The molecule has 23 heteroatoms. The van der Waals surface area contributed by atoms with E-state index in [0.717, 1.165) is 44.0 Å². The Labute approximate surface area is 525 Å². The van der Waals surface area contributed by atoms with Crippen molar-refractivity contribution in [2.24, 2.45) is 21.8 Å². The summed E-state index contributed by atoms with van der Waals surface area (Å²) in [6.07, 6.45) is 2.41. The highest BCUT2D eigenvalue weighted by molar-refractivity contribution is 8.18. The molecule has 6 aliphatic rings. The van der Waals surface area contributed by atoms with E-state index < -0.39 is 29.1 Å². The van der Waals surface area contributed by atoms with E-state index in [1.165, 1.54) is 33.3 Å². The van der Waals surface area contributed by atoms with Crippen LogP contribution in [0.3, 0.4) is 0 Å². The third-order valence-corrected chi connectivity index (χ3v) is 19.1. The van der Waals surface area contributed by atoms with E-state index >= 15 is 0 Å². The fraction of sp³-hybridized carbons (Fsp3) is 0.452. The minimum Gasteiger partial charge on any atom is -0.480 e. The summed E-state index contributed by atoms with van der Waals surface area (Å²) in [5.41, 5.74) is 4.48. The maximum atomic E-state index is 14.3. The number of aliphatic imine (C=N–C) groups is 2. The van der Waals surface area contributed by atoms with Crippen LogP contribution in [0.4, 0.5) is 0 Å². The molecule has 85 heavy (non-hydrogen) atoms. The third kappa shape index (κ3) is 13.9. The Bertz CT molecular complexity index is 3180. The zero-order chi connectivity index (χ0) is 61.5. The van der Waals surface area contributed by atoms with Crippen molar-refractivity contribution < 1.29 is 44.7 Å². The number of nitrogens with zero attached hydrogens (tertiary/aromatic N) is 7. The van der Waals surface area contributed by atoms with Gasteiger partial charge in [-0.15, -0.1) is 0 Å². The van der Waals surface area contributed by atoms with Crippen molar-refractivity contribution in [3.8, 4) is 0 Å². The van der Waals surface area contributed by atoms with E-state index in [4.69, 9.17) is 66.6 Å². The number of hydrogen-bond acceptors (Lipinski definition) is 15. The van der Waals surface area contributed by atoms with Crippen LogP contribution < -0.4 is 5.32 Å². The molecule has 456 valence electrons. The van der Waals surface area contributed by atoms with Gasteiger partial charge in [0.25, 0.3) is 11.8 Å². The molecule has 6 heterocycles. The van der Waals surface area contributed by atoms with Crippen molar-refractivity contribution in [3.63, 3.8) is 0 Å². The van der Waals surface area contributed by atoms with Crippen molar-refractivity contribution in [3.05, 3.63) is 161 Å². The molecular formula is C62H74Cl4N8O9S2. The Balaban J connectivity index is 0.000000201. The number of thioether (sulfide) groups is 2. The number of benzene rings is 4. The highest BCUT2D eigenvalue weighted by atomic mass is 35.5. The van der Waals surface area contributed by atoms with Crippen molar-refractivity contribution in [2.75, 3.05) is 65.7 Å². The van der Waals surface area contributed by atoms with Gasteiger partial charge in [-0.25, -0.2) is 14.8 Å². The first-order valence-corrected chi connectivity index (χ1v) is 31.7. The van der Waals surface area contributed by atoms with Gasteiger partial charge in [0.1, 0.15) is 33.0 Å². The number of carboxylic acids is 1.